The van der Waals surface area contributed by atoms with E-state index in [4.69, 9.17) is 5.11 Å². The Morgan fingerprint density at radius 1 is 1.33 bits per heavy atom. The zero-order valence-electron chi connectivity index (χ0n) is 11.6. The molecule has 3 aliphatic carbocycles. The highest BCUT2D eigenvalue weighted by Gasteiger charge is 2.65. The molecule has 3 saturated carbocycles. The molecule has 5 nitrogen and oxygen atoms in total. The Kier molecular flexibility index (Phi) is 2.81. The van der Waals surface area contributed by atoms with Crippen LogP contribution < -0.4 is 4.72 Å². The van der Waals surface area contributed by atoms with Gasteiger partial charge in [0.25, 0.3) is 0 Å². The quantitative estimate of drug-likeness (QED) is 0.887. The molecule has 3 aliphatic rings. The summed E-state index contributed by atoms with van der Waals surface area (Å²) in [6, 6.07) is 1.35. The van der Waals surface area contributed by atoms with Crippen molar-refractivity contribution in [3.8, 4) is 0 Å². The lowest BCUT2D eigenvalue weighted by Crippen LogP contribution is -2.30. The number of hydrogen-bond donors (Lipinski definition) is 2. The Hall–Kier alpha value is -0.920. The molecule has 1 aromatic rings. The van der Waals surface area contributed by atoms with E-state index in [1.807, 2.05) is 0 Å². The van der Waals surface area contributed by atoms with E-state index >= 15 is 0 Å². The number of rotatable bonds is 4. The van der Waals surface area contributed by atoms with Gasteiger partial charge in [0.15, 0.2) is 0 Å². The van der Waals surface area contributed by atoms with Crippen molar-refractivity contribution in [3.05, 3.63) is 15.8 Å². The normalized spacial score (nSPS) is 36.7. The maximum atomic E-state index is 12.5. The number of carboxylic acids is 1. The Morgan fingerprint density at radius 2 is 1.95 bits per heavy atom. The molecule has 114 valence electrons. The van der Waals surface area contributed by atoms with Crippen LogP contribution in [0.4, 0.5) is 0 Å². The molecule has 4 unspecified atom stereocenters. The summed E-state index contributed by atoms with van der Waals surface area (Å²) in [7, 11) is -3.60. The van der Waals surface area contributed by atoms with Crippen LogP contribution in [0.5, 0.6) is 0 Å². The first-order chi connectivity index (χ1) is 9.88. The third-order valence-corrected chi connectivity index (χ3v) is 8.15. The van der Waals surface area contributed by atoms with E-state index in [1.54, 1.807) is 6.92 Å². The summed E-state index contributed by atoms with van der Waals surface area (Å²) >= 11 is 1.01. The molecule has 21 heavy (non-hydrogen) atoms. The Balaban J connectivity index is 1.56. The van der Waals surface area contributed by atoms with Crippen molar-refractivity contribution in [2.45, 2.75) is 37.1 Å². The second-order valence-electron chi connectivity index (χ2n) is 6.47. The summed E-state index contributed by atoms with van der Waals surface area (Å²) in [5.74, 6) is 1.37. The van der Waals surface area contributed by atoms with Gasteiger partial charge in [-0.25, -0.2) is 17.9 Å². The zero-order chi connectivity index (χ0) is 14.9. The third-order valence-electron chi connectivity index (χ3n) is 5.40. The van der Waals surface area contributed by atoms with Crippen molar-refractivity contribution in [3.63, 3.8) is 0 Å². The van der Waals surface area contributed by atoms with Gasteiger partial charge in [0.2, 0.25) is 10.0 Å². The number of aromatic carboxylic acids is 1. The molecular weight excluding hydrogens is 310 g/mol. The summed E-state index contributed by atoms with van der Waals surface area (Å²) < 4.78 is 27.8. The average Bonchev–Trinajstić information content (AvgIpc) is 2.83. The van der Waals surface area contributed by atoms with E-state index in [2.05, 4.69) is 4.72 Å². The van der Waals surface area contributed by atoms with Crippen LogP contribution in [0.15, 0.2) is 11.0 Å². The molecule has 2 bridgehead atoms. The van der Waals surface area contributed by atoms with Gasteiger partial charge in [-0.2, -0.15) is 0 Å². The Labute approximate surface area is 127 Å². The van der Waals surface area contributed by atoms with E-state index in [0.29, 0.717) is 28.5 Å². The highest BCUT2D eigenvalue weighted by molar-refractivity contribution is 7.89. The van der Waals surface area contributed by atoms with Gasteiger partial charge < -0.3 is 5.11 Å². The molecule has 4 atom stereocenters. The van der Waals surface area contributed by atoms with Crippen LogP contribution in [-0.2, 0) is 10.0 Å². The van der Waals surface area contributed by atoms with Crippen LogP contribution >= 0.6 is 11.3 Å². The fourth-order valence-electron chi connectivity index (χ4n) is 4.56. The number of nitrogens with one attached hydrogen (secondary N) is 1. The molecule has 0 amide bonds. The molecular formula is C14H17NO4S2. The van der Waals surface area contributed by atoms with E-state index < -0.39 is 16.0 Å². The Bertz CT molecular complexity index is 707. The van der Waals surface area contributed by atoms with Crippen LogP contribution in [0.3, 0.4) is 0 Å². The summed E-state index contributed by atoms with van der Waals surface area (Å²) in [5.41, 5.74) is 0. The van der Waals surface area contributed by atoms with Gasteiger partial charge in [-0.05, 0) is 55.9 Å². The van der Waals surface area contributed by atoms with E-state index in [9.17, 15) is 13.2 Å². The largest absolute Gasteiger partial charge is 0.477 e. The fourth-order valence-corrected chi connectivity index (χ4v) is 7.30. The maximum absolute atomic E-state index is 12.5. The average molecular weight is 327 g/mol. The lowest BCUT2D eigenvalue weighted by molar-refractivity contribution is 0.0702. The zero-order valence-corrected chi connectivity index (χ0v) is 13.2. The number of aryl methyl sites for hydroxylation is 1. The van der Waals surface area contributed by atoms with Gasteiger partial charge in [-0.3, -0.25) is 0 Å². The lowest BCUT2D eigenvalue weighted by Gasteiger charge is -2.11. The van der Waals surface area contributed by atoms with E-state index in [0.717, 1.165) is 11.3 Å². The molecule has 0 saturated heterocycles. The summed E-state index contributed by atoms with van der Waals surface area (Å²) in [6.45, 7) is 1.66. The lowest BCUT2D eigenvalue weighted by atomic mass is 10.0. The van der Waals surface area contributed by atoms with Crippen molar-refractivity contribution in [1.29, 1.82) is 0 Å². The van der Waals surface area contributed by atoms with Crippen LogP contribution in [0, 0.1) is 30.6 Å². The monoisotopic (exact) mass is 327 g/mol. The Morgan fingerprint density at radius 3 is 2.48 bits per heavy atom. The van der Waals surface area contributed by atoms with Crippen LogP contribution in [0.25, 0.3) is 0 Å². The number of fused-ring (bicyclic) bond motifs is 5. The van der Waals surface area contributed by atoms with Gasteiger partial charge in [0, 0.05) is 10.9 Å². The van der Waals surface area contributed by atoms with Crippen molar-refractivity contribution in [2.75, 3.05) is 0 Å². The van der Waals surface area contributed by atoms with Gasteiger partial charge in [0.05, 0.1) is 4.90 Å². The maximum Gasteiger partial charge on any atom is 0.345 e. The minimum absolute atomic E-state index is 0.0731. The van der Waals surface area contributed by atoms with Gasteiger partial charge in [0.1, 0.15) is 4.88 Å². The molecule has 0 aromatic carbocycles. The minimum atomic E-state index is -3.60. The number of hydrogen-bond acceptors (Lipinski definition) is 4. The first-order valence-corrected chi connectivity index (χ1v) is 9.54. The van der Waals surface area contributed by atoms with Gasteiger partial charge >= 0.3 is 5.97 Å². The molecule has 0 spiro atoms. The molecule has 2 N–H and O–H groups in total. The first kappa shape index (κ1) is 13.7. The SMILES string of the molecule is Cc1sc(C(=O)O)cc1S(=O)(=O)NC1C2C3CCC(C3)C12. The van der Waals surface area contributed by atoms with Crippen molar-refractivity contribution >= 4 is 27.3 Å². The smallest absolute Gasteiger partial charge is 0.345 e. The van der Waals surface area contributed by atoms with E-state index in [-0.39, 0.29) is 15.8 Å². The van der Waals surface area contributed by atoms with E-state index in [1.165, 1.54) is 25.3 Å². The van der Waals surface area contributed by atoms with Crippen LogP contribution in [0.2, 0.25) is 0 Å². The highest BCUT2D eigenvalue weighted by atomic mass is 32.2. The summed E-state index contributed by atoms with van der Waals surface area (Å²) in [6.07, 6.45) is 3.75. The van der Waals surface area contributed by atoms with Gasteiger partial charge in [-0.15, -0.1) is 11.3 Å². The number of thiophene rings is 1. The molecule has 4 rings (SSSR count). The number of carbonyl (C=O) groups is 1. The molecule has 0 radical (unpaired) electrons. The predicted molar refractivity (Wildman–Crippen MR) is 77.9 cm³/mol. The highest BCUT2D eigenvalue weighted by Crippen LogP contribution is 2.65. The number of carboxylic acid groups (broad SMARTS) is 1. The summed E-state index contributed by atoms with van der Waals surface area (Å²) in [4.78, 5) is 11.7. The molecule has 0 aliphatic heterocycles. The second-order valence-corrected chi connectivity index (χ2v) is 9.41. The standard InChI is InChI=1S/C14H17NO4S2/c1-6-10(5-9(20-6)14(16)17)21(18,19)15-13-11-7-2-3-8(4-7)12(11)13/h5,7-8,11-13,15H,2-4H2,1H3,(H,16,17). The van der Waals surface area contributed by atoms with Gasteiger partial charge in [-0.1, -0.05) is 0 Å². The minimum Gasteiger partial charge on any atom is -0.477 e. The van der Waals surface area contributed by atoms with Crippen LogP contribution in [-0.4, -0.2) is 25.5 Å². The predicted octanol–water partition coefficient (Wildman–Crippen LogP) is 2.08. The summed E-state index contributed by atoms with van der Waals surface area (Å²) in [5, 5.41) is 8.99. The second kappa shape index (κ2) is 4.30. The molecule has 3 fully saturated rings. The van der Waals surface area contributed by atoms with Crippen molar-refractivity contribution in [2.24, 2.45) is 23.7 Å². The fraction of sp³-hybridized carbons (Fsp3) is 0.643. The third kappa shape index (κ3) is 1.98. The van der Waals surface area contributed by atoms with Crippen LogP contribution in [0.1, 0.15) is 33.8 Å². The first-order valence-electron chi connectivity index (χ1n) is 7.24. The van der Waals surface area contributed by atoms with Crippen molar-refractivity contribution in [1.82, 2.24) is 4.72 Å². The molecule has 1 heterocycles. The molecule has 7 heteroatoms. The number of sulfonamides is 1. The topological polar surface area (TPSA) is 83.5 Å². The molecule has 1 aromatic heterocycles. The van der Waals surface area contributed by atoms with Crippen molar-refractivity contribution < 1.29 is 18.3 Å².